The number of ether oxygens (including phenoxy) is 1. The van der Waals surface area contributed by atoms with Crippen LogP contribution < -0.4 is 5.32 Å². The van der Waals surface area contributed by atoms with Crippen LogP contribution in [0.1, 0.15) is 39.0 Å². The van der Waals surface area contributed by atoms with Gasteiger partial charge in [-0.1, -0.05) is 19.8 Å². The highest BCUT2D eigenvalue weighted by Crippen LogP contribution is 2.33. The van der Waals surface area contributed by atoms with E-state index in [1.54, 1.807) is 0 Å². The monoisotopic (exact) mass is 183 g/mol. The Morgan fingerprint density at radius 1 is 1.31 bits per heavy atom. The van der Waals surface area contributed by atoms with Crippen molar-refractivity contribution in [1.29, 1.82) is 0 Å². The van der Waals surface area contributed by atoms with E-state index in [-0.39, 0.29) is 0 Å². The molecule has 2 rings (SSSR count). The molecule has 2 nitrogen and oxygen atoms in total. The maximum absolute atomic E-state index is 5.77. The molecule has 0 radical (unpaired) electrons. The third-order valence-electron chi connectivity index (χ3n) is 3.16. The Kier molecular flexibility index (Phi) is 3.23. The molecule has 0 aromatic carbocycles. The van der Waals surface area contributed by atoms with Crippen LogP contribution in [-0.4, -0.2) is 25.3 Å². The maximum Gasteiger partial charge on any atom is 0.0604 e. The van der Waals surface area contributed by atoms with Crippen LogP contribution >= 0.6 is 0 Å². The summed E-state index contributed by atoms with van der Waals surface area (Å²) in [6, 6.07) is 0.746. The molecule has 0 unspecified atom stereocenters. The summed E-state index contributed by atoms with van der Waals surface area (Å²) in [5, 5.41) is 3.44. The second-order valence-electron chi connectivity index (χ2n) is 4.45. The molecule has 0 aliphatic heterocycles. The van der Waals surface area contributed by atoms with Crippen molar-refractivity contribution in [3.8, 4) is 0 Å². The van der Waals surface area contributed by atoms with E-state index in [4.69, 9.17) is 4.74 Å². The fraction of sp³-hybridized carbons (Fsp3) is 1.00. The molecule has 0 amide bonds. The van der Waals surface area contributed by atoms with Crippen molar-refractivity contribution >= 4 is 0 Å². The first-order chi connectivity index (χ1) is 6.38. The van der Waals surface area contributed by atoms with Gasteiger partial charge in [0, 0.05) is 12.6 Å². The minimum Gasteiger partial charge on any atom is -0.378 e. The maximum atomic E-state index is 5.77. The highest BCUT2D eigenvalue weighted by molar-refractivity contribution is 4.85. The van der Waals surface area contributed by atoms with Crippen molar-refractivity contribution in [3.63, 3.8) is 0 Å². The van der Waals surface area contributed by atoms with Gasteiger partial charge in [-0.3, -0.25) is 0 Å². The van der Waals surface area contributed by atoms with E-state index in [0.29, 0.717) is 6.10 Å². The summed E-state index contributed by atoms with van der Waals surface area (Å²) in [7, 11) is 0. The van der Waals surface area contributed by atoms with Gasteiger partial charge in [-0.05, 0) is 31.7 Å². The molecule has 2 aliphatic carbocycles. The molecule has 2 aliphatic rings. The van der Waals surface area contributed by atoms with Gasteiger partial charge in [0.15, 0.2) is 0 Å². The Morgan fingerprint density at radius 2 is 2.08 bits per heavy atom. The second-order valence-corrected chi connectivity index (χ2v) is 4.45. The van der Waals surface area contributed by atoms with Crippen molar-refractivity contribution in [3.05, 3.63) is 0 Å². The Morgan fingerprint density at radius 3 is 2.69 bits per heavy atom. The van der Waals surface area contributed by atoms with Gasteiger partial charge in [0.05, 0.1) is 6.10 Å². The number of hydrogen-bond acceptors (Lipinski definition) is 2. The molecular weight excluding hydrogens is 162 g/mol. The van der Waals surface area contributed by atoms with Crippen molar-refractivity contribution < 1.29 is 4.74 Å². The van der Waals surface area contributed by atoms with Crippen LogP contribution in [0.2, 0.25) is 0 Å². The van der Waals surface area contributed by atoms with E-state index >= 15 is 0 Å². The normalized spacial score (nSPS) is 33.0. The number of hydrogen-bond donors (Lipinski definition) is 1. The third-order valence-corrected chi connectivity index (χ3v) is 3.16. The van der Waals surface area contributed by atoms with E-state index in [1.165, 1.54) is 32.1 Å². The minimum atomic E-state index is 0.572. The van der Waals surface area contributed by atoms with Crippen LogP contribution in [0.5, 0.6) is 0 Å². The third kappa shape index (κ3) is 2.96. The molecule has 2 heteroatoms. The molecular formula is C11H21NO. The van der Waals surface area contributed by atoms with Crippen molar-refractivity contribution in [2.24, 2.45) is 5.92 Å². The fourth-order valence-electron chi connectivity index (χ4n) is 1.96. The Hall–Kier alpha value is -0.0800. The fourth-order valence-corrected chi connectivity index (χ4v) is 1.96. The molecule has 1 N–H and O–H groups in total. The van der Waals surface area contributed by atoms with E-state index in [2.05, 4.69) is 12.2 Å². The van der Waals surface area contributed by atoms with Crippen LogP contribution in [0.15, 0.2) is 0 Å². The smallest absolute Gasteiger partial charge is 0.0604 e. The first-order valence-corrected chi connectivity index (χ1v) is 5.73. The first kappa shape index (κ1) is 9.47. The van der Waals surface area contributed by atoms with Crippen LogP contribution in [0, 0.1) is 5.92 Å². The molecule has 0 aromatic rings. The molecule has 0 spiro atoms. The molecule has 0 heterocycles. The predicted molar refractivity (Wildman–Crippen MR) is 53.8 cm³/mol. The standard InChI is InChI=1S/C11H21NO/c1-2-12-10-7-11(8-10)13-6-5-9-3-4-9/h9-12H,2-8H2,1H3. The SMILES string of the molecule is CCNC1CC(OCCC2CC2)C1. The minimum absolute atomic E-state index is 0.572. The van der Waals surface area contributed by atoms with Gasteiger partial charge in [-0.25, -0.2) is 0 Å². The molecule has 2 saturated carbocycles. The average molecular weight is 183 g/mol. The summed E-state index contributed by atoms with van der Waals surface area (Å²) < 4.78 is 5.77. The van der Waals surface area contributed by atoms with Crippen molar-refractivity contribution in [2.75, 3.05) is 13.2 Å². The lowest BCUT2D eigenvalue weighted by molar-refractivity contribution is -0.0182. The molecule has 76 valence electrons. The van der Waals surface area contributed by atoms with Gasteiger partial charge >= 0.3 is 0 Å². The lowest BCUT2D eigenvalue weighted by atomic mass is 9.89. The van der Waals surface area contributed by atoms with Crippen molar-refractivity contribution in [1.82, 2.24) is 5.32 Å². The van der Waals surface area contributed by atoms with E-state index in [1.807, 2.05) is 0 Å². The summed E-state index contributed by atoms with van der Waals surface area (Å²) >= 11 is 0. The van der Waals surface area contributed by atoms with E-state index in [9.17, 15) is 0 Å². The topological polar surface area (TPSA) is 21.3 Å². The van der Waals surface area contributed by atoms with Gasteiger partial charge in [-0.2, -0.15) is 0 Å². The van der Waals surface area contributed by atoms with Crippen LogP contribution in [0.25, 0.3) is 0 Å². The van der Waals surface area contributed by atoms with Gasteiger partial charge in [0.2, 0.25) is 0 Å². The quantitative estimate of drug-likeness (QED) is 0.679. The molecule has 0 aromatic heterocycles. The summed E-state index contributed by atoms with van der Waals surface area (Å²) in [4.78, 5) is 0. The zero-order valence-electron chi connectivity index (χ0n) is 8.59. The van der Waals surface area contributed by atoms with Crippen molar-refractivity contribution in [2.45, 2.75) is 51.2 Å². The Balaban J connectivity index is 1.44. The summed E-state index contributed by atoms with van der Waals surface area (Å²) in [6.45, 7) is 4.27. The van der Waals surface area contributed by atoms with Gasteiger partial charge in [-0.15, -0.1) is 0 Å². The highest BCUT2D eigenvalue weighted by atomic mass is 16.5. The molecule has 2 fully saturated rings. The van der Waals surface area contributed by atoms with Crippen LogP contribution in [0.3, 0.4) is 0 Å². The summed E-state index contributed by atoms with van der Waals surface area (Å²) in [5.74, 6) is 1.02. The largest absolute Gasteiger partial charge is 0.378 e. The van der Waals surface area contributed by atoms with Crippen LogP contribution in [0.4, 0.5) is 0 Å². The first-order valence-electron chi connectivity index (χ1n) is 5.73. The molecule has 0 atom stereocenters. The summed E-state index contributed by atoms with van der Waals surface area (Å²) in [5.41, 5.74) is 0. The molecule has 0 bridgehead atoms. The average Bonchev–Trinajstić information content (AvgIpc) is 2.83. The number of nitrogens with one attached hydrogen (secondary N) is 1. The lowest BCUT2D eigenvalue weighted by Gasteiger charge is -2.35. The summed E-state index contributed by atoms with van der Waals surface area (Å²) in [6.07, 6.45) is 7.25. The van der Waals surface area contributed by atoms with Gasteiger partial charge in [0.25, 0.3) is 0 Å². The molecule has 0 saturated heterocycles. The highest BCUT2D eigenvalue weighted by Gasteiger charge is 2.29. The Labute approximate surface area is 81.0 Å². The lowest BCUT2D eigenvalue weighted by Crippen LogP contribution is -2.45. The van der Waals surface area contributed by atoms with E-state index in [0.717, 1.165) is 25.1 Å². The van der Waals surface area contributed by atoms with Gasteiger partial charge in [0.1, 0.15) is 0 Å². The zero-order chi connectivity index (χ0) is 9.10. The zero-order valence-corrected chi connectivity index (χ0v) is 8.59. The number of rotatable bonds is 6. The Bertz CT molecular complexity index is 150. The van der Waals surface area contributed by atoms with Crippen LogP contribution in [-0.2, 0) is 4.74 Å². The van der Waals surface area contributed by atoms with Gasteiger partial charge < -0.3 is 10.1 Å². The predicted octanol–water partition coefficient (Wildman–Crippen LogP) is 1.94. The second kappa shape index (κ2) is 4.43. The molecule has 13 heavy (non-hydrogen) atoms. The van der Waals surface area contributed by atoms with E-state index < -0.39 is 0 Å².